The molecule has 5 nitrogen and oxygen atoms in total. The lowest BCUT2D eigenvalue weighted by Gasteiger charge is -2.20. The van der Waals surface area contributed by atoms with Crippen LogP contribution in [0.15, 0.2) is 48.5 Å². The molecule has 0 saturated carbocycles. The maximum absolute atomic E-state index is 12.4. The molecule has 6 heteroatoms. The van der Waals surface area contributed by atoms with Crippen LogP contribution >= 0.6 is 11.6 Å². The highest BCUT2D eigenvalue weighted by molar-refractivity contribution is 6.30. The SMILES string of the molecule is CCc1ccccc1NC(=O)CN(C)C(=O)C[NH+](C)Cc1ccc(Cl)cc1. The molecule has 2 aromatic rings. The number of rotatable bonds is 8. The van der Waals surface area contributed by atoms with E-state index in [4.69, 9.17) is 11.6 Å². The molecule has 0 bridgehead atoms. The van der Waals surface area contributed by atoms with E-state index in [0.717, 1.165) is 28.1 Å². The normalized spacial score (nSPS) is 11.7. The topological polar surface area (TPSA) is 53.9 Å². The smallest absolute Gasteiger partial charge is 0.277 e. The largest absolute Gasteiger partial charge is 0.332 e. The summed E-state index contributed by atoms with van der Waals surface area (Å²) in [6, 6.07) is 15.3. The van der Waals surface area contributed by atoms with Crippen LogP contribution in [0.5, 0.6) is 0 Å². The second-order valence-electron chi connectivity index (χ2n) is 6.75. The summed E-state index contributed by atoms with van der Waals surface area (Å²) in [6.07, 6.45) is 0.837. The Morgan fingerprint density at radius 2 is 1.78 bits per heavy atom. The maximum atomic E-state index is 12.4. The summed E-state index contributed by atoms with van der Waals surface area (Å²) in [4.78, 5) is 27.2. The molecule has 0 saturated heterocycles. The molecule has 0 radical (unpaired) electrons. The summed E-state index contributed by atoms with van der Waals surface area (Å²) in [5, 5.41) is 3.59. The molecule has 2 amide bonds. The summed E-state index contributed by atoms with van der Waals surface area (Å²) in [5.41, 5.74) is 2.99. The van der Waals surface area contributed by atoms with Crippen molar-refractivity contribution in [2.24, 2.45) is 0 Å². The van der Waals surface area contributed by atoms with Gasteiger partial charge in [0.2, 0.25) is 5.91 Å². The van der Waals surface area contributed by atoms with Crippen LogP contribution in [-0.2, 0) is 22.6 Å². The summed E-state index contributed by atoms with van der Waals surface area (Å²) in [5.74, 6) is -0.262. The molecule has 0 aliphatic heterocycles. The lowest BCUT2D eigenvalue weighted by atomic mass is 10.1. The van der Waals surface area contributed by atoms with Crippen molar-refractivity contribution < 1.29 is 14.5 Å². The van der Waals surface area contributed by atoms with Gasteiger partial charge in [-0.3, -0.25) is 9.59 Å². The fourth-order valence-electron chi connectivity index (χ4n) is 2.85. The number of carbonyl (C=O) groups is 2. The van der Waals surface area contributed by atoms with Gasteiger partial charge in [-0.1, -0.05) is 48.9 Å². The highest BCUT2D eigenvalue weighted by Crippen LogP contribution is 2.15. The first-order chi connectivity index (χ1) is 12.9. The van der Waals surface area contributed by atoms with Gasteiger partial charge < -0.3 is 15.1 Å². The molecular formula is C21H27ClN3O2+. The van der Waals surface area contributed by atoms with E-state index in [-0.39, 0.29) is 18.4 Å². The van der Waals surface area contributed by atoms with Crippen molar-refractivity contribution in [3.05, 3.63) is 64.7 Å². The van der Waals surface area contributed by atoms with Crippen molar-refractivity contribution in [3.8, 4) is 0 Å². The van der Waals surface area contributed by atoms with Gasteiger partial charge in [0.25, 0.3) is 5.91 Å². The first-order valence-electron chi connectivity index (χ1n) is 9.06. The molecule has 2 rings (SSSR count). The van der Waals surface area contributed by atoms with Gasteiger partial charge in [-0.2, -0.15) is 0 Å². The average molecular weight is 389 g/mol. The summed E-state index contributed by atoms with van der Waals surface area (Å²) in [6.45, 7) is 3.11. The molecule has 1 unspecified atom stereocenters. The van der Waals surface area contributed by atoms with Crippen LogP contribution in [0.1, 0.15) is 18.1 Å². The molecule has 2 N–H and O–H groups in total. The second-order valence-corrected chi connectivity index (χ2v) is 7.18. The van der Waals surface area contributed by atoms with Crippen molar-refractivity contribution in [3.63, 3.8) is 0 Å². The van der Waals surface area contributed by atoms with Gasteiger partial charge in [0.05, 0.1) is 13.6 Å². The number of aryl methyl sites for hydroxylation is 1. The van der Waals surface area contributed by atoms with Crippen molar-refractivity contribution in [2.75, 3.05) is 32.5 Å². The molecule has 0 heterocycles. The minimum Gasteiger partial charge on any atom is -0.332 e. The molecule has 0 aromatic heterocycles. The molecule has 0 aliphatic carbocycles. The minimum atomic E-state index is -0.192. The predicted molar refractivity (Wildman–Crippen MR) is 109 cm³/mol. The number of nitrogens with one attached hydrogen (secondary N) is 2. The van der Waals surface area contributed by atoms with E-state index in [1.165, 1.54) is 4.90 Å². The van der Waals surface area contributed by atoms with Crippen LogP contribution < -0.4 is 10.2 Å². The Morgan fingerprint density at radius 1 is 1.11 bits per heavy atom. The fourth-order valence-corrected chi connectivity index (χ4v) is 2.98. The lowest BCUT2D eigenvalue weighted by Crippen LogP contribution is -3.08. The number of anilines is 1. The number of para-hydroxylation sites is 1. The molecule has 0 aliphatic rings. The molecule has 2 aromatic carbocycles. The van der Waals surface area contributed by atoms with Crippen molar-refractivity contribution in [1.82, 2.24) is 4.90 Å². The molecule has 0 spiro atoms. The fraction of sp³-hybridized carbons (Fsp3) is 0.333. The van der Waals surface area contributed by atoms with Gasteiger partial charge in [0, 0.05) is 23.3 Å². The lowest BCUT2D eigenvalue weighted by molar-refractivity contribution is -0.885. The van der Waals surface area contributed by atoms with Crippen LogP contribution in [0.3, 0.4) is 0 Å². The number of hydrogen-bond acceptors (Lipinski definition) is 2. The van der Waals surface area contributed by atoms with Crippen molar-refractivity contribution in [2.45, 2.75) is 19.9 Å². The zero-order valence-electron chi connectivity index (χ0n) is 16.1. The van der Waals surface area contributed by atoms with Crippen LogP contribution in [0.4, 0.5) is 5.69 Å². The van der Waals surface area contributed by atoms with Gasteiger partial charge in [-0.05, 0) is 30.2 Å². The van der Waals surface area contributed by atoms with E-state index in [0.29, 0.717) is 18.1 Å². The van der Waals surface area contributed by atoms with E-state index < -0.39 is 0 Å². The summed E-state index contributed by atoms with van der Waals surface area (Å²) < 4.78 is 0. The summed E-state index contributed by atoms with van der Waals surface area (Å²) in [7, 11) is 3.61. The van der Waals surface area contributed by atoms with Gasteiger partial charge in [-0.15, -0.1) is 0 Å². The maximum Gasteiger partial charge on any atom is 0.277 e. The number of nitrogens with zero attached hydrogens (tertiary/aromatic N) is 1. The standard InChI is InChI=1S/C21H26ClN3O2/c1-4-17-7-5-6-8-19(17)23-20(26)14-25(3)21(27)15-24(2)13-16-9-11-18(22)12-10-16/h5-12H,4,13-15H2,1-3H3,(H,23,26)/p+1. The Hall–Kier alpha value is -2.37. The average Bonchev–Trinajstić information content (AvgIpc) is 2.63. The molecular weight excluding hydrogens is 362 g/mol. The van der Waals surface area contributed by atoms with Gasteiger partial charge in [0.1, 0.15) is 6.54 Å². The Labute approximate surface area is 165 Å². The number of amides is 2. The van der Waals surface area contributed by atoms with Crippen molar-refractivity contribution in [1.29, 1.82) is 0 Å². The van der Waals surface area contributed by atoms with Crippen molar-refractivity contribution >= 4 is 29.1 Å². The zero-order valence-corrected chi connectivity index (χ0v) is 16.8. The van der Waals surface area contributed by atoms with Crippen LogP contribution in [0.25, 0.3) is 0 Å². The van der Waals surface area contributed by atoms with Crippen LogP contribution in [0, 0.1) is 0 Å². The molecule has 144 valence electrons. The van der Waals surface area contributed by atoms with Crippen LogP contribution in [-0.4, -0.2) is 43.9 Å². The molecule has 27 heavy (non-hydrogen) atoms. The van der Waals surface area contributed by atoms with Gasteiger partial charge in [-0.25, -0.2) is 0 Å². The Bertz CT molecular complexity index is 777. The Balaban J connectivity index is 1.83. The van der Waals surface area contributed by atoms with Gasteiger partial charge in [0.15, 0.2) is 6.54 Å². The van der Waals surface area contributed by atoms with Gasteiger partial charge >= 0.3 is 0 Å². The van der Waals surface area contributed by atoms with E-state index in [1.54, 1.807) is 7.05 Å². The number of carbonyl (C=O) groups excluding carboxylic acids is 2. The third-order valence-electron chi connectivity index (χ3n) is 4.35. The monoisotopic (exact) mass is 388 g/mol. The summed E-state index contributed by atoms with van der Waals surface area (Å²) >= 11 is 5.89. The zero-order chi connectivity index (χ0) is 19.8. The quantitative estimate of drug-likeness (QED) is 0.726. The first kappa shape index (κ1) is 20.9. The van der Waals surface area contributed by atoms with Crippen LogP contribution in [0.2, 0.25) is 5.02 Å². The van der Waals surface area contributed by atoms with E-state index >= 15 is 0 Å². The Morgan fingerprint density at radius 3 is 2.44 bits per heavy atom. The second kappa shape index (κ2) is 10.1. The number of benzene rings is 2. The Kier molecular flexibility index (Phi) is 7.82. The minimum absolute atomic E-state index is 0.0328. The van der Waals surface area contributed by atoms with E-state index in [9.17, 15) is 9.59 Å². The number of halogens is 1. The number of quaternary nitrogens is 1. The first-order valence-corrected chi connectivity index (χ1v) is 9.44. The highest BCUT2D eigenvalue weighted by atomic mass is 35.5. The molecule has 1 atom stereocenters. The number of likely N-dealkylation sites (N-methyl/N-ethyl adjacent to an activating group) is 2. The third-order valence-corrected chi connectivity index (χ3v) is 4.60. The predicted octanol–water partition coefficient (Wildman–Crippen LogP) is 2.01. The van der Waals surface area contributed by atoms with E-state index in [1.807, 2.05) is 62.5 Å². The third kappa shape index (κ3) is 6.70. The van der Waals surface area contributed by atoms with E-state index in [2.05, 4.69) is 5.32 Å². The molecule has 0 fully saturated rings. The number of hydrogen-bond donors (Lipinski definition) is 2. The highest BCUT2D eigenvalue weighted by Gasteiger charge is 2.18.